The lowest BCUT2D eigenvalue weighted by atomic mass is 9.79. The van der Waals surface area contributed by atoms with Gasteiger partial charge in [-0.3, -0.25) is 0 Å². The Balaban J connectivity index is 1.16. The summed E-state index contributed by atoms with van der Waals surface area (Å²) in [6.07, 6.45) is 0. The van der Waals surface area contributed by atoms with Gasteiger partial charge in [-0.15, -0.1) is 0 Å². The summed E-state index contributed by atoms with van der Waals surface area (Å²) >= 11 is 0. The summed E-state index contributed by atoms with van der Waals surface area (Å²) < 4.78 is 6.34. The standard InChI is InChI=1S/C46H34N2O/c1-45(2)35-21-10-8-18-31(35)33-25-38-34(26-37(33)45)40-30(20-13-22-36(40)46(38,3)4)28-16-12-17-29(24-28)43-47-42(27-14-6-5-7-15-27)41-32-19-9-11-23-39(32)49-44(41)48-43/h5-26H,1-4H3. The van der Waals surface area contributed by atoms with Crippen LogP contribution in [0.2, 0.25) is 0 Å². The Hall–Kier alpha value is -5.80. The maximum Gasteiger partial charge on any atom is 0.231 e. The Labute approximate surface area is 285 Å². The molecule has 3 nitrogen and oxygen atoms in total. The highest BCUT2D eigenvalue weighted by molar-refractivity contribution is 6.10. The Bertz CT molecular complexity index is 2660. The van der Waals surface area contributed by atoms with E-state index in [-0.39, 0.29) is 10.8 Å². The summed E-state index contributed by atoms with van der Waals surface area (Å²) in [5.41, 5.74) is 17.4. The van der Waals surface area contributed by atoms with Gasteiger partial charge in [0.05, 0.1) is 11.1 Å². The quantitative estimate of drug-likeness (QED) is 0.195. The molecule has 2 aliphatic rings. The van der Waals surface area contributed by atoms with Crippen LogP contribution in [-0.4, -0.2) is 9.97 Å². The molecule has 0 radical (unpaired) electrons. The second-order valence-electron chi connectivity index (χ2n) is 14.6. The van der Waals surface area contributed by atoms with Crippen LogP contribution >= 0.6 is 0 Å². The normalized spacial score (nSPS) is 14.9. The van der Waals surface area contributed by atoms with Crippen LogP contribution in [0, 0.1) is 0 Å². The van der Waals surface area contributed by atoms with E-state index in [1.165, 1.54) is 50.1 Å². The van der Waals surface area contributed by atoms with E-state index in [4.69, 9.17) is 14.4 Å². The second kappa shape index (κ2) is 9.87. The SMILES string of the molecule is CC1(C)c2ccccc2-c2cc3c(cc21)-c1c(-c2cccc(-c4nc(-c5ccccc5)c5c(n4)oc4ccccc45)c2)cccc1C3(C)C. The van der Waals surface area contributed by atoms with Crippen molar-refractivity contribution in [2.24, 2.45) is 0 Å². The third-order valence-corrected chi connectivity index (χ3v) is 11.1. The van der Waals surface area contributed by atoms with Crippen molar-refractivity contribution in [3.8, 4) is 56.0 Å². The van der Waals surface area contributed by atoms with E-state index < -0.39 is 0 Å². The average Bonchev–Trinajstić information content (AvgIpc) is 3.70. The van der Waals surface area contributed by atoms with Gasteiger partial charge in [0.2, 0.25) is 5.71 Å². The van der Waals surface area contributed by atoms with E-state index in [1.54, 1.807) is 0 Å². The van der Waals surface area contributed by atoms with Crippen LogP contribution in [0.4, 0.5) is 0 Å². The highest BCUT2D eigenvalue weighted by atomic mass is 16.3. The third kappa shape index (κ3) is 3.90. The number of hydrogen-bond acceptors (Lipinski definition) is 3. The molecular formula is C46H34N2O. The van der Waals surface area contributed by atoms with Gasteiger partial charge in [-0.05, 0) is 79.9 Å². The smallest absolute Gasteiger partial charge is 0.231 e. The first-order valence-corrected chi connectivity index (χ1v) is 17.1. The van der Waals surface area contributed by atoms with Crippen molar-refractivity contribution < 1.29 is 4.42 Å². The molecule has 6 aromatic carbocycles. The first kappa shape index (κ1) is 28.2. The Kier molecular flexibility index (Phi) is 5.69. The van der Waals surface area contributed by atoms with Crippen molar-refractivity contribution in [2.75, 3.05) is 0 Å². The van der Waals surface area contributed by atoms with Crippen molar-refractivity contribution in [2.45, 2.75) is 38.5 Å². The molecule has 2 aromatic heterocycles. The monoisotopic (exact) mass is 630 g/mol. The zero-order valence-electron chi connectivity index (χ0n) is 28.0. The fourth-order valence-electron chi connectivity index (χ4n) is 8.60. The molecule has 0 unspecified atom stereocenters. The Morgan fingerprint density at radius 1 is 0.469 bits per heavy atom. The molecule has 3 heteroatoms. The minimum Gasteiger partial charge on any atom is -0.438 e. The molecule has 0 spiro atoms. The van der Waals surface area contributed by atoms with Crippen molar-refractivity contribution in [3.63, 3.8) is 0 Å². The molecule has 0 saturated heterocycles. The van der Waals surface area contributed by atoms with Crippen molar-refractivity contribution in [1.29, 1.82) is 0 Å². The van der Waals surface area contributed by atoms with E-state index in [2.05, 4.69) is 137 Å². The Morgan fingerprint density at radius 3 is 1.98 bits per heavy atom. The number of fused-ring (bicyclic) bond motifs is 9. The molecule has 234 valence electrons. The number of furan rings is 1. The maximum absolute atomic E-state index is 6.34. The lowest BCUT2D eigenvalue weighted by Gasteiger charge is -2.24. The number of nitrogens with zero attached hydrogens (tertiary/aromatic N) is 2. The topological polar surface area (TPSA) is 38.9 Å². The lowest BCUT2D eigenvalue weighted by Crippen LogP contribution is -2.16. The summed E-state index contributed by atoms with van der Waals surface area (Å²) in [4.78, 5) is 10.3. The molecule has 0 saturated carbocycles. The number of rotatable bonds is 3. The summed E-state index contributed by atoms with van der Waals surface area (Å²) in [5, 5.41) is 1.97. The van der Waals surface area contributed by atoms with Crippen LogP contribution in [0.3, 0.4) is 0 Å². The van der Waals surface area contributed by atoms with E-state index in [0.29, 0.717) is 11.5 Å². The van der Waals surface area contributed by atoms with Crippen LogP contribution in [0.5, 0.6) is 0 Å². The lowest BCUT2D eigenvalue weighted by molar-refractivity contribution is 0.652. The molecular weight excluding hydrogens is 597 g/mol. The van der Waals surface area contributed by atoms with Gasteiger partial charge in [0.25, 0.3) is 0 Å². The fraction of sp³-hybridized carbons (Fsp3) is 0.130. The highest BCUT2D eigenvalue weighted by Gasteiger charge is 2.42. The van der Waals surface area contributed by atoms with Crippen LogP contribution in [0.25, 0.3) is 78.1 Å². The largest absolute Gasteiger partial charge is 0.438 e. The van der Waals surface area contributed by atoms with E-state index >= 15 is 0 Å². The van der Waals surface area contributed by atoms with Gasteiger partial charge < -0.3 is 4.42 Å². The summed E-state index contributed by atoms with van der Waals surface area (Å²) in [6, 6.07) is 47.9. The third-order valence-electron chi connectivity index (χ3n) is 11.1. The molecule has 0 bridgehead atoms. The predicted molar refractivity (Wildman–Crippen MR) is 201 cm³/mol. The molecule has 0 atom stereocenters. The van der Waals surface area contributed by atoms with Crippen LogP contribution in [0.1, 0.15) is 49.9 Å². The average molecular weight is 631 g/mol. The molecule has 0 aliphatic heterocycles. The van der Waals surface area contributed by atoms with E-state index in [1.807, 2.05) is 24.3 Å². The molecule has 0 fully saturated rings. The second-order valence-corrected chi connectivity index (χ2v) is 14.6. The van der Waals surface area contributed by atoms with Gasteiger partial charge in [-0.1, -0.05) is 137 Å². The molecule has 10 rings (SSSR count). The number of hydrogen-bond donors (Lipinski definition) is 0. The van der Waals surface area contributed by atoms with E-state index in [0.717, 1.165) is 38.7 Å². The van der Waals surface area contributed by atoms with Crippen LogP contribution in [0.15, 0.2) is 138 Å². The zero-order chi connectivity index (χ0) is 33.1. The summed E-state index contributed by atoms with van der Waals surface area (Å²) in [5.74, 6) is 0.651. The number of aromatic nitrogens is 2. The molecule has 2 aliphatic carbocycles. The van der Waals surface area contributed by atoms with Crippen molar-refractivity contribution in [1.82, 2.24) is 9.97 Å². The van der Waals surface area contributed by atoms with Gasteiger partial charge in [0, 0.05) is 27.3 Å². The van der Waals surface area contributed by atoms with Gasteiger partial charge >= 0.3 is 0 Å². The van der Waals surface area contributed by atoms with Gasteiger partial charge in [0.15, 0.2) is 5.82 Å². The molecule has 2 heterocycles. The van der Waals surface area contributed by atoms with Crippen LogP contribution < -0.4 is 0 Å². The predicted octanol–water partition coefficient (Wildman–Crippen LogP) is 12.0. The van der Waals surface area contributed by atoms with Crippen molar-refractivity contribution >= 4 is 22.1 Å². The Morgan fingerprint density at radius 2 is 1.10 bits per heavy atom. The molecule has 49 heavy (non-hydrogen) atoms. The van der Waals surface area contributed by atoms with E-state index in [9.17, 15) is 0 Å². The van der Waals surface area contributed by atoms with Crippen LogP contribution in [-0.2, 0) is 10.8 Å². The van der Waals surface area contributed by atoms with Crippen molar-refractivity contribution in [3.05, 3.63) is 156 Å². The number of benzene rings is 6. The summed E-state index contributed by atoms with van der Waals surface area (Å²) in [6.45, 7) is 9.47. The minimum absolute atomic E-state index is 0.0637. The maximum atomic E-state index is 6.34. The molecule has 0 amide bonds. The first-order valence-electron chi connectivity index (χ1n) is 17.1. The van der Waals surface area contributed by atoms with Gasteiger partial charge in [0.1, 0.15) is 5.58 Å². The minimum atomic E-state index is -0.130. The van der Waals surface area contributed by atoms with Gasteiger partial charge in [-0.25, -0.2) is 4.98 Å². The number of para-hydroxylation sites is 1. The first-order chi connectivity index (χ1) is 23.8. The van der Waals surface area contributed by atoms with Gasteiger partial charge in [-0.2, -0.15) is 4.98 Å². The molecule has 0 N–H and O–H groups in total. The molecule has 8 aromatic rings. The highest BCUT2D eigenvalue weighted by Crippen LogP contribution is 2.57. The summed E-state index contributed by atoms with van der Waals surface area (Å²) in [7, 11) is 0. The fourth-order valence-corrected chi connectivity index (χ4v) is 8.60. The zero-order valence-corrected chi connectivity index (χ0v) is 28.0.